The molecule has 1 heterocycles. The van der Waals surface area contributed by atoms with Gasteiger partial charge >= 0.3 is 0 Å². The molecule has 1 aromatic rings. The number of nitrogens with one attached hydrogen (secondary N) is 1. The average Bonchev–Trinajstić information content (AvgIpc) is 2.50. The lowest BCUT2D eigenvalue weighted by molar-refractivity contribution is 0.141. The second-order valence-corrected chi connectivity index (χ2v) is 6.65. The van der Waals surface area contributed by atoms with Crippen LogP contribution < -0.4 is 5.32 Å². The van der Waals surface area contributed by atoms with E-state index >= 15 is 0 Å². The van der Waals surface area contributed by atoms with Gasteiger partial charge in [0.1, 0.15) is 0 Å². The molecule has 4 heteroatoms. The van der Waals surface area contributed by atoms with E-state index in [2.05, 4.69) is 41.3 Å². The van der Waals surface area contributed by atoms with Crippen molar-refractivity contribution in [3.05, 3.63) is 34.9 Å². The van der Waals surface area contributed by atoms with Gasteiger partial charge in [-0.2, -0.15) is 0 Å². The molecule has 1 fully saturated rings. The summed E-state index contributed by atoms with van der Waals surface area (Å²) in [7, 11) is 6.42. The zero-order valence-corrected chi connectivity index (χ0v) is 14.2. The highest BCUT2D eigenvalue weighted by Gasteiger charge is 2.21. The Morgan fingerprint density at radius 2 is 1.86 bits per heavy atom. The molecule has 21 heavy (non-hydrogen) atoms. The first-order chi connectivity index (χ1) is 10.1. The van der Waals surface area contributed by atoms with E-state index in [0.29, 0.717) is 6.04 Å². The van der Waals surface area contributed by atoms with Gasteiger partial charge in [0.15, 0.2) is 0 Å². The molecule has 0 aromatic heterocycles. The molecule has 1 aliphatic heterocycles. The first kappa shape index (κ1) is 16.8. The van der Waals surface area contributed by atoms with E-state index < -0.39 is 0 Å². The van der Waals surface area contributed by atoms with Crippen LogP contribution in [-0.2, 0) is 0 Å². The highest BCUT2D eigenvalue weighted by molar-refractivity contribution is 6.30. The van der Waals surface area contributed by atoms with Gasteiger partial charge in [-0.1, -0.05) is 23.7 Å². The Labute approximate surface area is 134 Å². The summed E-state index contributed by atoms with van der Waals surface area (Å²) in [6.07, 6.45) is 3.72. The van der Waals surface area contributed by atoms with Crippen LogP contribution >= 0.6 is 11.6 Å². The number of hydrogen-bond donors (Lipinski definition) is 1. The summed E-state index contributed by atoms with van der Waals surface area (Å²) in [5.74, 6) is 0. The van der Waals surface area contributed by atoms with Gasteiger partial charge in [0.05, 0.1) is 0 Å². The Balaban J connectivity index is 1.80. The van der Waals surface area contributed by atoms with Crippen LogP contribution in [0, 0.1) is 0 Å². The molecule has 0 aliphatic carbocycles. The molecule has 0 spiro atoms. The molecular weight excluding hydrogens is 282 g/mol. The van der Waals surface area contributed by atoms with E-state index in [1.807, 2.05) is 19.2 Å². The summed E-state index contributed by atoms with van der Waals surface area (Å²) in [5, 5.41) is 4.23. The predicted octanol–water partition coefficient (Wildman–Crippen LogP) is 3.02. The fraction of sp³-hybridized carbons (Fsp3) is 0.647. The topological polar surface area (TPSA) is 18.5 Å². The van der Waals surface area contributed by atoms with Crippen molar-refractivity contribution in [2.45, 2.75) is 31.3 Å². The maximum atomic E-state index is 5.96. The summed E-state index contributed by atoms with van der Waals surface area (Å²) in [6, 6.07) is 9.38. The van der Waals surface area contributed by atoms with E-state index in [1.165, 1.54) is 31.5 Å². The van der Waals surface area contributed by atoms with Crippen molar-refractivity contribution in [1.82, 2.24) is 15.1 Å². The minimum atomic E-state index is 0.411. The number of nitrogens with zero attached hydrogens (tertiary/aromatic N) is 2. The quantitative estimate of drug-likeness (QED) is 0.871. The van der Waals surface area contributed by atoms with E-state index in [4.69, 9.17) is 11.6 Å². The third-order valence-electron chi connectivity index (χ3n) is 4.64. The highest BCUT2D eigenvalue weighted by Crippen LogP contribution is 2.21. The molecule has 1 unspecified atom stereocenters. The number of hydrogen-bond acceptors (Lipinski definition) is 3. The Morgan fingerprint density at radius 1 is 1.24 bits per heavy atom. The number of likely N-dealkylation sites (tertiary alicyclic amines) is 1. The first-order valence-corrected chi connectivity index (χ1v) is 8.29. The molecule has 3 nitrogen and oxygen atoms in total. The number of benzene rings is 1. The third kappa shape index (κ3) is 4.96. The van der Waals surface area contributed by atoms with Gasteiger partial charge in [-0.05, 0) is 77.7 Å². The molecule has 1 N–H and O–H groups in total. The van der Waals surface area contributed by atoms with Crippen LogP contribution in [0.4, 0.5) is 0 Å². The molecule has 1 aliphatic rings. The molecule has 1 atom stereocenters. The summed E-state index contributed by atoms with van der Waals surface area (Å²) in [4.78, 5) is 4.96. The fourth-order valence-corrected chi connectivity index (χ4v) is 3.27. The second-order valence-electron chi connectivity index (χ2n) is 6.22. The van der Waals surface area contributed by atoms with Crippen LogP contribution in [0.5, 0.6) is 0 Å². The Morgan fingerprint density at radius 3 is 2.38 bits per heavy atom. The maximum absolute atomic E-state index is 5.96. The van der Waals surface area contributed by atoms with E-state index in [9.17, 15) is 0 Å². The smallest absolute Gasteiger partial charge is 0.0406 e. The van der Waals surface area contributed by atoms with E-state index in [1.54, 1.807) is 0 Å². The zero-order valence-electron chi connectivity index (χ0n) is 13.5. The van der Waals surface area contributed by atoms with Gasteiger partial charge in [-0.3, -0.25) is 0 Å². The zero-order chi connectivity index (χ0) is 15.2. The monoisotopic (exact) mass is 309 g/mol. The number of rotatable bonds is 6. The molecule has 118 valence electrons. The van der Waals surface area contributed by atoms with Crippen molar-refractivity contribution in [3.8, 4) is 0 Å². The Kier molecular flexibility index (Phi) is 6.49. The summed E-state index contributed by atoms with van der Waals surface area (Å²) < 4.78 is 0. The van der Waals surface area contributed by atoms with Crippen molar-refractivity contribution in [3.63, 3.8) is 0 Å². The lowest BCUT2D eigenvalue weighted by Gasteiger charge is -2.35. The number of piperidine rings is 1. The minimum absolute atomic E-state index is 0.411. The van der Waals surface area contributed by atoms with Crippen LogP contribution in [0.1, 0.15) is 30.9 Å². The van der Waals surface area contributed by atoms with Crippen molar-refractivity contribution < 1.29 is 0 Å². The molecular formula is C17H28ClN3. The molecule has 2 rings (SSSR count). The van der Waals surface area contributed by atoms with Crippen LogP contribution in [0.15, 0.2) is 24.3 Å². The van der Waals surface area contributed by atoms with Crippen molar-refractivity contribution in [2.75, 3.05) is 40.8 Å². The maximum Gasteiger partial charge on any atom is 0.0406 e. The lowest BCUT2D eigenvalue weighted by atomic mass is 10.0. The van der Waals surface area contributed by atoms with Gasteiger partial charge < -0.3 is 15.1 Å². The van der Waals surface area contributed by atoms with Crippen molar-refractivity contribution in [2.24, 2.45) is 0 Å². The average molecular weight is 310 g/mol. The second kappa shape index (κ2) is 8.14. The standard InChI is InChI=1S/C17H28ClN3/c1-19-17(14-4-6-15(18)7-5-14)10-13-21-11-8-16(9-12-21)20(2)3/h4-7,16-17,19H,8-13H2,1-3H3. The predicted molar refractivity (Wildman–Crippen MR) is 91.0 cm³/mol. The van der Waals surface area contributed by atoms with E-state index in [-0.39, 0.29) is 0 Å². The van der Waals surface area contributed by atoms with Gasteiger partial charge in [-0.15, -0.1) is 0 Å². The summed E-state index contributed by atoms with van der Waals surface area (Å²) in [6.45, 7) is 3.61. The SMILES string of the molecule is CNC(CCN1CCC(N(C)C)CC1)c1ccc(Cl)cc1. The molecule has 0 radical (unpaired) electrons. The van der Waals surface area contributed by atoms with Crippen molar-refractivity contribution >= 4 is 11.6 Å². The van der Waals surface area contributed by atoms with Gasteiger partial charge in [0, 0.05) is 17.1 Å². The molecule has 0 saturated carbocycles. The van der Waals surface area contributed by atoms with Crippen LogP contribution in [0.3, 0.4) is 0 Å². The first-order valence-electron chi connectivity index (χ1n) is 7.91. The Bertz CT molecular complexity index is 411. The normalized spacial score (nSPS) is 19.1. The van der Waals surface area contributed by atoms with Gasteiger partial charge in [0.25, 0.3) is 0 Å². The summed E-state index contributed by atoms with van der Waals surface area (Å²) >= 11 is 5.96. The largest absolute Gasteiger partial charge is 0.313 e. The highest BCUT2D eigenvalue weighted by atomic mass is 35.5. The Hall–Kier alpha value is -0.610. The minimum Gasteiger partial charge on any atom is -0.313 e. The van der Waals surface area contributed by atoms with Crippen LogP contribution in [-0.4, -0.2) is 56.6 Å². The van der Waals surface area contributed by atoms with E-state index in [0.717, 1.165) is 24.0 Å². The van der Waals surface area contributed by atoms with Crippen LogP contribution in [0.2, 0.25) is 5.02 Å². The van der Waals surface area contributed by atoms with Gasteiger partial charge in [-0.25, -0.2) is 0 Å². The molecule has 0 amide bonds. The van der Waals surface area contributed by atoms with Gasteiger partial charge in [0.2, 0.25) is 0 Å². The third-order valence-corrected chi connectivity index (χ3v) is 4.89. The molecule has 1 saturated heterocycles. The summed E-state index contributed by atoms with van der Waals surface area (Å²) in [5.41, 5.74) is 1.32. The molecule has 1 aromatic carbocycles. The van der Waals surface area contributed by atoms with Crippen molar-refractivity contribution in [1.29, 1.82) is 0 Å². The lowest BCUT2D eigenvalue weighted by Crippen LogP contribution is -2.42. The van der Waals surface area contributed by atoms with Crippen LogP contribution in [0.25, 0.3) is 0 Å². The molecule has 0 bridgehead atoms. The number of halogens is 1. The fourth-order valence-electron chi connectivity index (χ4n) is 3.14.